The number of aliphatic hydroxyl groups excluding tert-OH is 1. The lowest BCUT2D eigenvalue weighted by molar-refractivity contribution is 0.185. The normalized spacial score (nSPS) is 18.5. The van der Waals surface area contributed by atoms with Crippen molar-refractivity contribution in [1.82, 2.24) is 15.0 Å². The molecule has 1 unspecified atom stereocenters. The summed E-state index contributed by atoms with van der Waals surface area (Å²) in [5, 5.41) is 14.3. The van der Waals surface area contributed by atoms with Crippen LogP contribution in [0.1, 0.15) is 17.7 Å². The Kier molecular flexibility index (Phi) is 4.32. The third kappa shape index (κ3) is 3.27. The van der Waals surface area contributed by atoms with E-state index >= 15 is 0 Å². The number of aryl methyl sites for hydroxylation is 2. The number of anilines is 3. The molecule has 7 nitrogen and oxygen atoms in total. The van der Waals surface area contributed by atoms with E-state index in [-0.39, 0.29) is 6.04 Å². The third-order valence-corrected chi connectivity index (χ3v) is 5.62. The first-order valence-corrected chi connectivity index (χ1v) is 9.92. The average Bonchev–Trinajstić information content (AvgIpc) is 3.12. The van der Waals surface area contributed by atoms with Gasteiger partial charge in [-0.25, -0.2) is 4.98 Å². The van der Waals surface area contributed by atoms with E-state index in [2.05, 4.69) is 32.3 Å². The topological polar surface area (TPSA) is 77.4 Å². The summed E-state index contributed by atoms with van der Waals surface area (Å²) in [5.74, 6) is 0.811. The standard InChI is InChI=1S/C22H24N6O/c1-14-9-17(12-23-11-14)25-22(29)28-18-6-8-27(13-18)20-4-3-19(26-21(20)28)16-5-7-24-15(2)10-16/h3-5,7,9-12,18,22,25,29H,6,8,13H2,1-2H3/t18-,22?/m0/s1. The molecular weight excluding hydrogens is 364 g/mol. The lowest BCUT2D eigenvalue weighted by atomic mass is 10.1. The van der Waals surface area contributed by atoms with Gasteiger partial charge in [-0.3, -0.25) is 9.97 Å². The van der Waals surface area contributed by atoms with Gasteiger partial charge in [-0.05, 0) is 56.2 Å². The first kappa shape index (κ1) is 17.9. The molecule has 0 spiro atoms. The fourth-order valence-electron chi connectivity index (χ4n) is 4.27. The minimum absolute atomic E-state index is 0.213. The van der Waals surface area contributed by atoms with Crippen LogP contribution in [0, 0.1) is 13.8 Å². The van der Waals surface area contributed by atoms with Crippen LogP contribution in [0.4, 0.5) is 17.2 Å². The maximum absolute atomic E-state index is 11.1. The smallest absolute Gasteiger partial charge is 0.206 e. The third-order valence-electron chi connectivity index (χ3n) is 5.62. The largest absolute Gasteiger partial charge is 0.366 e. The van der Waals surface area contributed by atoms with Crippen molar-refractivity contribution in [2.45, 2.75) is 32.7 Å². The van der Waals surface area contributed by atoms with Crippen molar-refractivity contribution >= 4 is 17.2 Å². The predicted octanol–water partition coefficient (Wildman–Crippen LogP) is 2.94. The van der Waals surface area contributed by atoms with Crippen LogP contribution >= 0.6 is 0 Å². The van der Waals surface area contributed by atoms with E-state index in [1.54, 1.807) is 18.6 Å². The second-order valence-corrected chi connectivity index (χ2v) is 7.79. The van der Waals surface area contributed by atoms with Crippen LogP contribution in [-0.2, 0) is 0 Å². The van der Waals surface area contributed by atoms with Gasteiger partial charge in [-0.15, -0.1) is 0 Å². The van der Waals surface area contributed by atoms with Crippen LogP contribution in [0.5, 0.6) is 0 Å². The summed E-state index contributed by atoms with van der Waals surface area (Å²) in [6.45, 7) is 5.83. The molecule has 29 heavy (non-hydrogen) atoms. The van der Waals surface area contributed by atoms with Gasteiger partial charge in [0.25, 0.3) is 0 Å². The van der Waals surface area contributed by atoms with Gasteiger partial charge in [0, 0.05) is 36.7 Å². The van der Waals surface area contributed by atoms with E-state index in [0.717, 1.165) is 59.2 Å². The van der Waals surface area contributed by atoms with Crippen LogP contribution in [0.15, 0.2) is 48.9 Å². The molecule has 7 heteroatoms. The van der Waals surface area contributed by atoms with Crippen LogP contribution in [-0.4, -0.2) is 45.5 Å². The van der Waals surface area contributed by atoms with Crippen molar-refractivity contribution in [3.05, 3.63) is 60.2 Å². The van der Waals surface area contributed by atoms with Gasteiger partial charge in [0.15, 0.2) is 5.82 Å². The molecule has 2 aliphatic rings. The van der Waals surface area contributed by atoms with Gasteiger partial charge >= 0.3 is 0 Å². The van der Waals surface area contributed by atoms with Crippen LogP contribution in [0.3, 0.4) is 0 Å². The van der Waals surface area contributed by atoms with Gasteiger partial charge in [-0.2, -0.15) is 0 Å². The number of nitrogens with zero attached hydrogens (tertiary/aromatic N) is 5. The number of nitrogens with one attached hydrogen (secondary N) is 1. The van der Waals surface area contributed by atoms with Crippen LogP contribution in [0.2, 0.25) is 0 Å². The zero-order valence-corrected chi connectivity index (χ0v) is 16.6. The van der Waals surface area contributed by atoms with Crippen molar-refractivity contribution in [2.24, 2.45) is 0 Å². The Bertz CT molecular complexity index is 1050. The summed E-state index contributed by atoms with van der Waals surface area (Å²) >= 11 is 0. The summed E-state index contributed by atoms with van der Waals surface area (Å²) < 4.78 is 0. The summed E-state index contributed by atoms with van der Waals surface area (Å²) in [6.07, 6.45) is 5.44. The lowest BCUT2D eigenvalue weighted by Crippen LogP contribution is -2.51. The molecule has 2 atom stereocenters. The molecule has 0 amide bonds. The van der Waals surface area contributed by atoms with E-state index in [0.29, 0.717) is 0 Å². The molecule has 3 aromatic heterocycles. The quantitative estimate of drug-likeness (QED) is 0.666. The molecule has 0 radical (unpaired) electrons. The second-order valence-electron chi connectivity index (χ2n) is 7.79. The zero-order chi connectivity index (χ0) is 20.0. The van der Waals surface area contributed by atoms with Crippen molar-refractivity contribution in [3.63, 3.8) is 0 Å². The fraction of sp³-hybridized carbons (Fsp3) is 0.318. The van der Waals surface area contributed by atoms with Crippen molar-refractivity contribution < 1.29 is 5.11 Å². The highest BCUT2D eigenvalue weighted by Gasteiger charge is 2.40. The second kappa shape index (κ2) is 7.00. The number of hydrogen-bond donors (Lipinski definition) is 2. The van der Waals surface area contributed by atoms with Crippen molar-refractivity contribution in [3.8, 4) is 11.3 Å². The first-order chi connectivity index (χ1) is 14.1. The summed E-state index contributed by atoms with van der Waals surface area (Å²) in [7, 11) is 0. The molecule has 5 heterocycles. The van der Waals surface area contributed by atoms with Gasteiger partial charge in [-0.1, -0.05) is 0 Å². The highest BCUT2D eigenvalue weighted by Crippen LogP contribution is 2.40. The molecule has 3 aromatic rings. The minimum atomic E-state index is -0.885. The molecule has 1 saturated heterocycles. The summed E-state index contributed by atoms with van der Waals surface area (Å²) in [6, 6.07) is 10.4. The molecule has 2 aliphatic heterocycles. The Balaban J connectivity index is 1.53. The van der Waals surface area contributed by atoms with E-state index < -0.39 is 6.35 Å². The monoisotopic (exact) mass is 388 g/mol. The summed E-state index contributed by atoms with van der Waals surface area (Å²) in [5.41, 5.74) is 5.76. The molecular formula is C22H24N6O. The highest BCUT2D eigenvalue weighted by molar-refractivity contribution is 5.76. The van der Waals surface area contributed by atoms with E-state index in [1.807, 2.05) is 36.9 Å². The van der Waals surface area contributed by atoms with Gasteiger partial charge in [0.1, 0.15) is 0 Å². The van der Waals surface area contributed by atoms with Gasteiger partial charge in [0.2, 0.25) is 6.35 Å². The number of pyridine rings is 3. The molecule has 5 rings (SSSR count). The molecule has 0 aliphatic carbocycles. The fourth-order valence-corrected chi connectivity index (χ4v) is 4.27. The molecule has 2 bridgehead atoms. The number of aliphatic hydroxyl groups is 1. The highest BCUT2D eigenvalue weighted by atomic mass is 16.3. The van der Waals surface area contributed by atoms with Gasteiger partial charge in [0.05, 0.1) is 29.3 Å². The Hall–Kier alpha value is -3.19. The van der Waals surface area contributed by atoms with E-state index in [4.69, 9.17) is 4.98 Å². The SMILES string of the molecule is Cc1cncc(NC(O)N2c3nc(-c4ccnc(C)c4)ccc3N3CC[C@H]2C3)c1. The predicted molar refractivity (Wildman–Crippen MR) is 114 cm³/mol. The number of aromatic nitrogens is 3. The van der Waals surface area contributed by atoms with Gasteiger partial charge < -0.3 is 20.2 Å². The molecule has 148 valence electrons. The Morgan fingerprint density at radius 2 is 2.07 bits per heavy atom. The zero-order valence-electron chi connectivity index (χ0n) is 16.6. The average molecular weight is 388 g/mol. The number of hydrogen-bond acceptors (Lipinski definition) is 7. The van der Waals surface area contributed by atoms with Crippen LogP contribution in [0.25, 0.3) is 11.3 Å². The molecule has 2 N–H and O–H groups in total. The lowest BCUT2D eigenvalue weighted by Gasteiger charge is -2.40. The maximum Gasteiger partial charge on any atom is 0.206 e. The number of fused-ring (bicyclic) bond motifs is 4. The Labute approximate surface area is 170 Å². The Morgan fingerprint density at radius 1 is 1.17 bits per heavy atom. The minimum Gasteiger partial charge on any atom is -0.366 e. The molecule has 0 saturated carbocycles. The Morgan fingerprint density at radius 3 is 2.90 bits per heavy atom. The maximum atomic E-state index is 11.1. The van der Waals surface area contributed by atoms with Crippen LogP contribution < -0.4 is 15.1 Å². The summed E-state index contributed by atoms with van der Waals surface area (Å²) in [4.78, 5) is 17.8. The van der Waals surface area contributed by atoms with Crippen molar-refractivity contribution in [2.75, 3.05) is 28.2 Å². The molecule has 1 fully saturated rings. The van der Waals surface area contributed by atoms with E-state index in [9.17, 15) is 5.11 Å². The van der Waals surface area contributed by atoms with E-state index in [1.165, 1.54) is 0 Å². The number of rotatable bonds is 4. The van der Waals surface area contributed by atoms with Crippen molar-refractivity contribution in [1.29, 1.82) is 0 Å². The first-order valence-electron chi connectivity index (χ1n) is 9.92. The molecule has 0 aromatic carbocycles.